The highest BCUT2D eigenvalue weighted by Gasteiger charge is 2.24. The van der Waals surface area contributed by atoms with Crippen LogP contribution in [0.5, 0.6) is 0 Å². The Bertz CT molecular complexity index is 1080. The molecule has 1 N–H and O–H groups in total. The first-order valence-corrected chi connectivity index (χ1v) is 9.66. The molecule has 29 heavy (non-hydrogen) atoms. The summed E-state index contributed by atoms with van der Waals surface area (Å²) in [4.78, 5) is 38.6. The van der Waals surface area contributed by atoms with Gasteiger partial charge in [-0.25, -0.2) is 4.79 Å². The molecule has 0 aliphatic rings. The quantitative estimate of drug-likeness (QED) is 0.341. The van der Waals surface area contributed by atoms with Crippen molar-refractivity contribution in [1.29, 1.82) is 0 Å². The van der Waals surface area contributed by atoms with Crippen molar-refractivity contribution in [2.75, 3.05) is 11.9 Å². The van der Waals surface area contributed by atoms with Crippen LogP contribution in [0.2, 0.25) is 5.02 Å². The number of hydrogen-bond donors (Lipinski definition) is 1. The fraction of sp³-hybridized carbons (Fsp3) is 0.167. The highest BCUT2D eigenvalue weighted by molar-refractivity contribution is 7.15. The van der Waals surface area contributed by atoms with Crippen LogP contribution >= 0.6 is 22.9 Å². The summed E-state index contributed by atoms with van der Waals surface area (Å²) in [5.41, 5.74) is 1.39. The molecule has 2 aromatic heterocycles. The fourth-order valence-corrected chi connectivity index (χ4v) is 3.80. The summed E-state index contributed by atoms with van der Waals surface area (Å²) < 4.78 is 6.42. The van der Waals surface area contributed by atoms with Crippen molar-refractivity contribution in [2.24, 2.45) is 0 Å². The number of halogens is 1. The van der Waals surface area contributed by atoms with Crippen molar-refractivity contribution >= 4 is 45.6 Å². The zero-order chi connectivity index (χ0) is 21.0. The standard InChI is InChI=1S/C18H15ClN4O5S/c1-2-28-18(25)16-12(11-5-3-4-6-13(11)19)9-29-17(16)21-15(24)8-22-7-14(20-10-22)23(26)27/h3-7,9-10H,2,8H2,1H3,(H,21,24). The first kappa shape index (κ1) is 20.5. The number of nitrogens with one attached hydrogen (secondary N) is 1. The topological polar surface area (TPSA) is 116 Å². The normalized spacial score (nSPS) is 10.6. The van der Waals surface area contributed by atoms with Gasteiger partial charge in [0.1, 0.15) is 23.3 Å². The van der Waals surface area contributed by atoms with Gasteiger partial charge in [0.15, 0.2) is 0 Å². The summed E-state index contributed by atoms with van der Waals surface area (Å²) in [5.74, 6) is -1.42. The lowest BCUT2D eigenvalue weighted by Gasteiger charge is -2.09. The summed E-state index contributed by atoms with van der Waals surface area (Å²) >= 11 is 7.42. The summed E-state index contributed by atoms with van der Waals surface area (Å²) in [7, 11) is 0. The molecule has 0 fully saturated rings. The molecule has 0 unspecified atom stereocenters. The Morgan fingerprint density at radius 3 is 2.76 bits per heavy atom. The van der Waals surface area contributed by atoms with Crippen molar-refractivity contribution < 1.29 is 19.2 Å². The van der Waals surface area contributed by atoms with Crippen molar-refractivity contribution in [2.45, 2.75) is 13.5 Å². The molecular formula is C18H15ClN4O5S. The van der Waals surface area contributed by atoms with Gasteiger partial charge in [0.2, 0.25) is 12.2 Å². The Morgan fingerprint density at radius 2 is 2.10 bits per heavy atom. The molecule has 0 bridgehead atoms. The smallest absolute Gasteiger partial charge is 0.381 e. The number of nitro groups is 1. The Kier molecular flexibility index (Phi) is 6.25. The molecule has 3 rings (SSSR count). The van der Waals surface area contributed by atoms with E-state index in [0.717, 1.165) is 17.5 Å². The molecule has 2 heterocycles. The van der Waals surface area contributed by atoms with Crippen LogP contribution in [0.25, 0.3) is 11.1 Å². The van der Waals surface area contributed by atoms with E-state index in [1.165, 1.54) is 10.9 Å². The molecule has 0 atom stereocenters. The highest BCUT2D eigenvalue weighted by atomic mass is 35.5. The Morgan fingerprint density at radius 1 is 1.34 bits per heavy atom. The second kappa shape index (κ2) is 8.84. The van der Waals surface area contributed by atoms with E-state index in [-0.39, 0.29) is 24.5 Å². The van der Waals surface area contributed by atoms with Gasteiger partial charge in [0.25, 0.3) is 0 Å². The molecule has 150 valence electrons. The zero-order valence-electron chi connectivity index (χ0n) is 15.1. The van der Waals surface area contributed by atoms with Crippen LogP contribution in [0.3, 0.4) is 0 Å². The lowest BCUT2D eigenvalue weighted by Crippen LogP contribution is -2.19. The second-order valence-corrected chi connectivity index (χ2v) is 7.05. The van der Waals surface area contributed by atoms with Crippen LogP contribution < -0.4 is 5.32 Å². The maximum absolute atomic E-state index is 12.6. The SMILES string of the molecule is CCOC(=O)c1c(-c2ccccc2Cl)csc1NC(=O)Cn1cnc([N+](=O)[O-])c1. The molecule has 0 spiro atoms. The molecule has 0 aliphatic heterocycles. The lowest BCUT2D eigenvalue weighted by atomic mass is 10.0. The molecule has 1 amide bonds. The van der Waals surface area contributed by atoms with Gasteiger partial charge >= 0.3 is 11.8 Å². The largest absolute Gasteiger partial charge is 0.462 e. The van der Waals surface area contributed by atoms with Gasteiger partial charge in [-0.2, -0.15) is 0 Å². The number of carbonyl (C=O) groups is 2. The Labute approximate surface area is 174 Å². The summed E-state index contributed by atoms with van der Waals surface area (Å²) in [6.07, 6.45) is 2.34. The van der Waals surface area contributed by atoms with E-state index in [1.807, 2.05) is 0 Å². The van der Waals surface area contributed by atoms with Gasteiger partial charge in [-0.05, 0) is 22.9 Å². The average Bonchev–Trinajstić information content (AvgIpc) is 3.29. The van der Waals surface area contributed by atoms with Gasteiger partial charge in [-0.3, -0.25) is 4.79 Å². The number of aromatic nitrogens is 2. The third-order valence-corrected chi connectivity index (χ3v) is 5.05. The van der Waals surface area contributed by atoms with Crippen LogP contribution in [0.15, 0.2) is 42.2 Å². The van der Waals surface area contributed by atoms with E-state index in [9.17, 15) is 19.7 Å². The van der Waals surface area contributed by atoms with Gasteiger partial charge in [-0.1, -0.05) is 29.8 Å². The second-order valence-electron chi connectivity index (χ2n) is 5.76. The van der Waals surface area contributed by atoms with E-state index in [1.54, 1.807) is 36.6 Å². The minimum Gasteiger partial charge on any atom is -0.462 e. The number of nitrogens with zero attached hydrogens (tertiary/aromatic N) is 3. The number of benzene rings is 1. The molecule has 9 nitrogen and oxygen atoms in total. The molecule has 0 saturated heterocycles. The van der Waals surface area contributed by atoms with E-state index in [2.05, 4.69) is 10.3 Å². The van der Waals surface area contributed by atoms with Crippen LogP contribution in [-0.4, -0.2) is 33.0 Å². The molecular weight excluding hydrogens is 420 g/mol. The zero-order valence-corrected chi connectivity index (χ0v) is 16.7. The minimum absolute atomic E-state index is 0.169. The first-order chi connectivity index (χ1) is 13.9. The lowest BCUT2D eigenvalue weighted by molar-refractivity contribution is -0.389. The van der Waals surface area contributed by atoms with Crippen LogP contribution in [-0.2, 0) is 16.1 Å². The molecule has 0 aliphatic carbocycles. The number of ether oxygens (including phenoxy) is 1. The van der Waals surface area contributed by atoms with Gasteiger partial charge < -0.3 is 24.7 Å². The predicted octanol–water partition coefficient (Wildman–Crippen LogP) is 3.99. The first-order valence-electron chi connectivity index (χ1n) is 8.40. The summed E-state index contributed by atoms with van der Waals surface area (Å²) in [5, 5.41) is 15.8. The van der Waals surface area contributed by atoms with Crippen LogP contribution in [0.4, 0.5) is 10.8 Å². The molecule has 1 aromatic carbocycles. The number of hydrogen-bond acceptors (Lipinski definition) is 7. The van der Waals surface area contributed by atoms with Crippen LogP contribution in [0.1, 0.15) is 17.3 Å². The number of amides is 1. The minimum atomic E-state index is -0.650. The van der Waals surface area contributed by atoms with Gasteiger partial charge in [0.05, 0.1) is 6.61 Å². The summed E-state index contributed by atoms with van der Waals surface area (Å²) in [6.45, 7) is 1.65. The maximum Gasteiger partial charge on any atom is 0.381 e. The van der Waals surface area contributed by atoms with E-state index >= 15 is 0 Å². The molecule has 0 saturated carbocycles. The third-order valence-electron chi connectivity index (χ3n) is 3.82. The van der Waals surface area contributed by atoms with Crippen molar-refractivity contribution in [3.8, 4) is 11.1 Å². The highest BCUT2D eigenvalue weighted by Crippen LogP contribution is 2.39. The molecule has 11 heteroatoms. The maximum atomic E-state index is 12.6. The Hall–Kier alpha value is -3.24. The van der Waals surface area contributed by atoms with Crippen molar-refractivity contribution in [1.82, 2.24) is 9.55 Å². The molecule has 0 radical (unpaired) electrons. The van der Waals surface area contributed by atoms with Crippen molar-refractivity contribution in [3.05, 3.63) is 62.9 Å². The number of thiophene rings is 1. The Balaban J connectivity index is 1.88. The third kappa shape index (κ3) is 4.61. The number of rotatable bonds is 7. The number of esters is 1. The van der Waals surface area contributed by atoms with E-state index in [4.69, 9.17) is 16.3 Å². The number of anilines is 1. The van der Waals surface area contributed by atoms with Gasteiger partial charge in [-0.15, -0.1) is 11.3 Å². The molecule has 3 aromatic rings. The number of carbonyl (C=O) groups excluding carboxylic acids is 2. The monoisotopic (exact) mass is 434 g/mol. The van der Waals surface area contributed by atoms with E-state index < -0.39 is 16.8 Å². The predicted molar refractivity (Wildman–Crippen MR) is 108 cm³/mol. The van der Waals surface area contributed by atoms with E-state index in [0.29, 0.717) is 21.2 Å². The van der Waals surface area contributed by atoms with Gasteiger partial charge in [0, 0.05) is 21.5 Å². The summed E-state index contributed by atoms with van der Waals surface area (Å²) in [6, 6.07) is 7.03. The van der Waals surface area contributed by atoms with Crippen molar-refractivity contribution in [3.63, 3.8) is 0 Å². The number of imidazole rings is 1. The van der Waals surface area contributed by atoms with Crippen LogP contribution in [0, 0.1) is 10.1 Å². The average molecular weight is 435 g/mol. The fourth-order valence-electron chi connectivity index (χ4n) is 2.59.